The molecule has 25 heavy (non-hydrogen) atoms. The molecule has 2 rings (SSSR count). The van der Waals surface area contributed by atoms with Crippen LogP contribution in [0.2, 0.25) is 0 Å². The van der Waals surface area contributed by atoms with Crippen molar-refractivity contribution in [3.63, 3.8) is 0 Å². The number of carbonyl (C=O) groups excluding carboxylic acids is 2. The van der Waals surface area contributed by atoms with Crippen molar-refractivity contribution in [2.75, 3.05) is 30.0 Å². The first-order valence-electron chi connectivity index (χ1n) is 8.45. The molecule has 138 valence electrons. The molecular formula is C18H26N2O4S. The van der Waals surface area contributed by atoms with Gasteiger partial charge in [-0.25, -0.2) is 8.42 Å². The Morgan fingerprint density at radius 3 is 2.24 bits per heavy atom. The maximum atomic E-state index is 13.0. The predicted molar refractivity (Wildman–Crippen MR) is 98.1 cm³/mol. The molecule has 1 aliphatic rings. The third-order valence-corrected chi connectivity index (χ3v) is 6.53. The first-order valence-corrected chi connectivity index (χ1v) is 10.3. The van der Waals surface area contributed by atoms with Crippen LogP contribution >= 0.6 is 0 Å². The lowest BCUT2D eigenvalue weighted by atomic mass is 9.88. The Morgan fingerprint density at radius 2 is 1.76 bits per heavy atom. The van der Waals surface area contributed by atoms with E-state index in [0.717, 1.165) is 5.69 Å². The summed E-state index contributed by atoms with van der Waals surface area (Å²) < 4.78 is 23.4. The highest BCUT2D eigenvalue weighted by atomic mass is 32.2. The lowest BCUT2D eigenvalue weighted by Gasteiger charge is -2.35. The lowest BCUT2D eigenvalue weighted by Crippen LogP contribution is -2.52. The number of hydrogen-bond acceptors (Lipinski definition) is 4. The number of carbonyl (C=O) groups is 2. The van der Waals surface area contributed by atoms with Crippen LogP contribution in [0.3, 0.4) is 0 Å². The second-order valence-electron chi connectivity index (χ2n) is 6.98. The van der Waals surface area contributed by atoms with Crippen molar-refractivity contribution in [2.45, 2.75) is 33.2 Å². The molecule has 0 bridgehead atoms. The number of sulfone groups is 1. The highest BCUT2D eigenvalue weighted by Gasteiger charge is 2.44. The molecule has 0 spiro atoms. The highest BCUT2D eigenvalue weighted by Crippen LogP contribution is 2.28. The van der Waals surface area contributed by atoms with Crippen molar-refractivity contribution in [3.05, 3.63) is 30.3 Å². The van der Waals surface area contributed by atoms with Crippen molar-refractivity contribution in [3.8, 4) is 0 Å². The van der Waals surface area contributed by atoms with Gasteiger partial charge < -0.3 is 9.80 Å². The molecule has 1 aliphatic heterocycles. The lowest BCUT2D eigenvalue weighted by molar-refractivity contribution is -0.147. The molecule has 1 heterocycles. The van der Waals surface area contributed by atoms with Gasteiger partial charge in [0.25, 0.3) is 0 Å². The van der Waals surface area contributed by atoms with E-state index in [0.29, 0.717) is 13.0 Å². The van der Waals surface area contributed by atoms with Crippen LogP contribution in [0.5, 0.6) is 0 Å². The summed E-state index contributed by atoms with van der Waals surface area (Å²) in [4.78, 5) is 29.0. The zero-order chi connectivity index (χ0) is 18.8. The number of hydrogen-bond donors (Lipinski definition) is 0. The quantitative estimate of drug-likeness (QED) is 0.744. The molecule has 1 aromatic carbocycles. The molecule has 0 radical (unpaired) electrons. The van der Waals surface area contributed by atoms with E-state index in [1.807, 2.05) is 37.3 Å². The Labute approximate surface area is 149 Å². The smallest absolute Gasteiger partial charge is 0.242 e. The monoisotopic (exact) mass is 366 g/mol. The number of benzene rings is 1. The van der Waals surface area contributed by atoms with E-state index in [-0.39, 0.29) is 29.4 Å². The Kier molecular flexibility index (Phi) is 5.56. The van der Waals surface area contributed by atoms with E-state index in [1.165, 1.54) is 4.90 Å². The van der Waals surface area contributed by atoms with Crippen LogP contribution in [0.4, 0.5) is 5.69 Å². The maximum Gasteiger partial charge on any atom is 0.242 e. The van der Waals surface area contributed by atoms with Crippen molar-refractivity contribution < 1.29 is 18.0 Å². The van der Waals surface area contributed by atoms with Gasteiger partial charge in [0.2, 0.25) is 11.8 Å². The van der Waals surface area contributed by atoms with Crippen molar-refractivity contribution in [2.24, 2.45) is 5.41 Å². The van der Waals surface area contributed by atoms with Crippen LogP contribution in [0.15, 0.2) is 30.3 Å². The molecule has 0 N–H and O–H groups in total. The van der Waals surface area contributed by atoms with Crippen LogP contribution in [0.1, 0.15) is 27.2 Å². The summed E-state index contributed by atoms with van der Waals surface area (Å²) in [5, 5.41) is 0. The fourth-order valence-electron chi connectivity index (χ4n) is 3.17. The van der Waals surface area contributed by atoms with Gasteiger partial charge in [-0.1, -0.05) is 18.2 Å². The second kappa shape index (κ2) is 7.15. The average Bonchev–Trinajstić information content (AvgIpc) is 2.95. The van der Waals surface area contributed by atoms with Crippen LogP contribution in [-0.4, -0.2) is 56.3 Å². The van der Waals surface area contributed by atoms with E-state index in [9.17, 15) is 18.0 Å². The standard InChI is InChI=1S/C18H26N2O4S/c1-5-20(14-9-7-6-8-10-14)17(22)18(2,3)16(21)19(4)15-11-12-25(23,24)13-15/h6-10,15H,5,11-13H2,1-4H3. The van der Waals surface area contributed by atoms with E-state index in [4.69, 9.17) is 0 Å². The Balaban J connectivity index is 2.21. The van der Waals surface area contributed by atoms with Crippen LogP contribution in [-0.2, 0) is 19.4 Å². The third-order valence-electron chi connectivity index (χ3n) is 4.78. The molecule has 1 unspecified atom stereocenters. The topological polar surface area (TPSA) is 74.8 Å². The summed E-state index contributed by atoms with van der Waals surface area (Å²) in [5.74, 6) is -0.586. The Bertz CT molecular complexity index is 744. The minimum Gasteiger partial charge on any atom is -0.341 e. The number of amides is 2. The Morgan fingerprint density at radius 1 is 1.16 bits per heavy atom. The van der Waals surface area contributed by atoms with E-state index in [2.05, 4.69) is 0 Å². The SMILES string of the molecule is CCN(C(=O)C(C)(C)C(=O)N(C)C1CCS(=O)(=O)C1)c1ccccc1. The molecule has 7 heteroatoms. The summed E-state index contributed by atoms with van der Waals surface area (Å²) in [6.45, 7) is 5.51. The van der Waals surface area contributed by atoms with Gasteiger partial charge in [0.05, 0.1) is 11.5 Å². The molecule has 0 aliphatic carbocycles. The summed E-state index contributed by atoms with van der Waals surface area (Å²) >= 11 is 0. The third kappa shape index (κ3) is 4.03. The summed E-state index contributed by atoms with van der Waals surface area (Å²) in [5.41, 5.74) is -0.533. The minimum absolute atomic E-state index is 0.0321. The van der Waals surface area contributed by atoms with Gasteiger partial charge in [0.1, 0.15) is 5.41 Å². The first-order chi connectivity index (χ1) is 11.6. The average molecular weight is 366 g/mol. The van der Waals surface area contributed by atoms with E-state index >= 15 is 0 Å². The Hall–Kier alpha value is -1.89. The number of rotatable bonds is 5. The predicted octanol–water partition coefficient (Wildman–Crippen LogP) is 1.71. The molecule has 0 aromatic heterocycles. The fraction of sp³-hybridized carbons (Fsp3) is 0.556. The van der Waals surface area contributed by atoms with Gasteiger partial charge in [0.15, 0.2) is 9.84 Å². The molecular weight excluding hydrogens is 340 g/mol. The van der Waals surface area contributed by atoms with Crippen LogP contribution in [0.25, 0.3) is 0 Å². The number of para-hydroxylation sites is 1. The van der Waals surface area contributed by atoms with Crippen LogP contribution in [0, 0.1) is 5.41 Å². The van der Waals surface area contributed by atoms with Crippen molar-refractivity contribution in [1.29, 1.82) is 0 Å². The fourth-order valence-corrected chi connectivity index (χ4v) is 4.94. The summed E-state index contributed by atoms with van der Waals surface area (Å²) in [6.07, 6.45) is 0.422. The molecule has 1 aromatic rings. The van der Waals surface area contributed by atoms with E-state index in [1.54, 1.807) is 25.8 Å². The zero-order valence-electron chi connectivity index (χ0n) is 15.2. The van der Waals surface area contributed by atoms with Crippen molar-refractivity contribution in [1.82, 2.24) is 4.90 Å². The summed E-state index contributed by atoms with van der Waals surface area (Å²) in [7, 11) is -1.51. The first kappa shape index (κ1) is 19.4. The van der Waals surface area contributed by atoms with Gasteiger partial charge >= 0.3 is 0 Å². The molecule has 2 amide bonds. The minimum atomic E-state index is -3.09. The zero-order valence-corrected chi connectivity index (χ0v) is 16.0. The number of anilines is 1. The van der Waals surface area contributed by atoms with Gasteiger partial charge in [-0.15, -0.1) is 0 Å². The summed E-state index contributed by atoms with van der Waals surface area (Å²) in [6, 6.07) is 8.85. The number of nitrogens with zero attached hydrogens (tertiary/aromatic N) is 2. The molecule has 6 nitrogen and oxygen atoms in total. The van der Waals surface area contributed by atoms with Gasteiger partial charge in [0, 0.05) is 25.3 Å². The largest absolute Gasteiger partial charge is 0.341 e. The van der Waals surface area contributed by atoms with E-state index < -0.39 is 15.3 Å². The maximum absolute atomic E-state index is 13.0. The van der Waals surface area contributed by atoms with Gasteiger partial charge in [-0.2, -0.15) is 0 Å². The van der Waals surface area contributed by atoms with Gasteiger partial charge in [-0.3, -0.25) is 9.59 Å². The van der Waals surface area contributed by atoms with Gasteiger partial charge in [-0.05, 0) is 39.3 Å². The highest BCUT2D eigenvalue weighted by molar-refractivity contribution is 7.91. The molecule has 1 fully saturated rings. The van der Waals surface area contributed by atoms with Crippen LogP contribution < -0.4 is 4.90 Å². The van der Waals surface area contributed by atoms with Crippen molar-refractivity contribution >= 4 is 27.3 Å². The molecule has 0 saturated carbocycles. The second-order valence-corrected chi connectivity index (χ2v) is 9.21. The normalized spacial score (nSPS) is 19.4. The molecule has 1 atom stereocenters. The molecule has 1 saturated heterocycles.